The van der Waals surface area contributed by atoms with Gasteiger partial charge in [-0.3, -0.25) is 13.8 Å². The predicted molar refractivity (Wildman–Crippen MR) is 194 cm³/mol. The molecule has 0 aromatic heterocycles. The van der Waals surface area contributed by atoms with Gasteiger partial charge in [-0.2, -0.15) is 0 Å². The molecule has 0 aliphatic heterocycles. The molecule has 8 nitrogen and oxygen atoms in total. The van der Waals surface area contributed by atoms with Gasteiger partial charge in [0.2, 0.25) is 5.91 Å². The number of amides is 1. The van der Waals surface area contributed by atoms with Gasteiger partial charge in [0.1, 0.15) is 13.2 Å². The number of hydrogen-bond acceptors (Lipinski definition) is 5. The second-order valence-electron chi connectivity index (χ2n) is 14.3. The van der Waals surface area contributed by atoms with Crippen molar-refractivity contribution in [1.82, 2.24) is 5.32 Å². The monoisotopic (exact) mass is 676 g/mol. The van der Waals surface area contributed by atoms with Gasteiger partial charge in [0.15, 0.2) is 0 Å². The molecule has 0 aliphatic carbocycles. The molecule has 3 atom stereocenters. The third kappa shape index (κ3) is 31.8. The Hall–Kier alpha value is -0.760. The fraction of sp³-hybridized carbons (Fsp3) is 0.919. The summed E-state index contributed by atoms with van der Waals surface area (Å²) in [5.74, 6) is -0.180. The topological polar surface area (TPSA) is 105 Å². The number of nitrogens with one attached hydrogen (secondary N) is 1. The first-order valence-electron chi connectivity index (χ1n) is 19.1. The first-order valence-corrected chi connectivity index (χ1v) is 20.6. The number of nitrogens with zero attached hydrogens (tertiary/aromatic N) is 1. The van der Waals surface area contributed by atoms with Crippen LogP contribution >= 0.6 is 7.82 Å². The van der Waals surface area contributed by atoms with E-state index in [0.29, 0.717) is 17.4 Å². The number of aliphatic hydroxyl groups excluding tert-OH is 1. The van der Waals surface area contributed by atoms with Crippen molar-refractivity contribution in [3.8, 4) is 0 Å². The van der Waals surface area contributed by atoms with Gasteiger partial charge in [-0.25, -0.2) is 4.57 Å². The summed E-state index contributed by atoms with van der Waals surface area (Å²) in [5, 5.41) is 13.7. The van der Waals surface area contributed by atoms with E-state index >= 15 is 0 Å². The zero-order chi connectivity index (χ0) is 34.4. The lowest BCUT2D eigenvalue weighted by Gasteiger charge is -2.25. The van der Waals surface area contributed by atoms with Gasteiger partial charge in [-0.15, -0.1) is 0 Å². The van der Waals surface area contributed by atoms with Crippen LogP contribution in [0.15, 0.2) is 12.2 Å². The van der Waals surface area contributed by atoms with Crippen LogP contribution in [0.3, 0.4) is 0 Å². The number of aliphatic hydroxyl groups is 1. The molecule has 0 saturated heterocycles. The Morgan fingerprint density at radius 1 is 0.717 bits per heavy atom. The number of unbranched alkanes of at least 4 members (excludes halogenated alkanes) is 21. The van der Waals surface area contributed by atoms with E-state index in [9.17, 15) is 19.4 Å². The molecule has 3 N–H and O–H groups in total. The maximum absolute atomic E-state index is 12.7. The lowest BCUT2D eigenvalue weighted by atomic mass is 10.0. The molecule has 9 heteroatoms. The highest BCUT2D eigenvalue weighted by atomic mass is 31.2. The largest absolute Gasteiger partial charge is 0.472 e. The SMILES string of the molecule is CCCCCCCCCCCCC/C=C/[C@@H](O)[C@H](COP(=O)(O)OCC[N+](C)(C)C)NC(=O)CCCCCCCCCCCCC. The Balaban J connectivity index is 4.54. The Bertz CT molecular complexity index is 773. The summed E-state index contributed by atoms with van der Waals surface area (Å²) in [6.45, 7) is 4.78. The number of hydrogen-bond donors (Lipinski definition) is 3. The summed E-state index contributed by atoms with van der Waals surface area (Å²) in [6, 6.07) is -0.837. The fourth-order valence-corrected chi connectivity index (χ4v) is 6.13. The van der Waals surface area contributed by atoms with Crippen LogP contribution in [0.25, 0.3) is 0 Å². The molecule has 0 heterocycles. The molecular formula is C37H76N2O6P+. The minimum atomic E-state index is -4.32. The van der Waals surface area contributed by atoms with Gasteiger partial charge in [-0.05, 0) is 19.3 Å². The number of phosphoric ester groups is 1. The average Bonchev–Trinajstić information content (AvgIpc) is 2.99. The van der Waals surface area contributed by atoms with Crippen LogP contribution in [0.5, 0.6) is 0 Å². The lowest BCUT2D eigenvalue weighted by Crippen LogP contribution is -2.45. The van der Waals surface area contributed by atoms with Gasteiger partial charge < -0.3 is 19.8 Å². The van der Waals surface area contributed by atoms with E-state index in [-0.39, 0.29) is 19.1 Å². The molecule has 0 spiro atoms. The number of quaternary nitrogens is 1. The number of rotatable bonds is 34. The summed E-state index contributed by atoms with van der Waals surface area (Å²) < 4.78 is 23.4. The van der Waals surface area contributed by atoms with Gasteiger partial charge in [0.25, 0.3) is 0 Å². The van der Waals surface area contributed by atoms with E-state index in [0.717, 1.165) is 38.5 Å². The van der Waals surface area contributed by atoms with Gasteiger partial charge in [0, 0.05) is 6.42 Å². The Kier molecular flexibility index (Phi) is 29.8. The zero-order valence-electron chi connectivity index (χ0n) is 30.8. The van der Waals surface area contributed by atoms with Crippen molar-refractivity contribution in [2.24, 2.45) is 0 Å². The molecule has 0 radical (unpaired) electrons. The number of allylic oxidation sites excluding steroid dienone is 1. The maximum Gasteiger partial charge on any atom is 0.472 e. The van der Waals surface area contributed by atoms with E-state index in [1.165, 1.54) is 109 Å². The van der Waals surface area contributed by atoms with Crippen LogP contribution < -0.4 is 5.32 Å². The first kappa shape index (κ1) is 45.2. The lowest BCUT2D eigenvalue weighted by molar-refractivity contribution is -0.870. The number of phosphoric acid groups is 1. The number of likely N-dealkylation sites (N-methyl/N-ethyl adjacent to an activating group) is 1. The van der Waals surface area contributed by atoms with Crippen molar-refractivity contribution in [3.63, 3.8) is 0 Å². The molecule has 0 rings (SSSR count). The third-order valence-corrected chi connectivity index (χ3v) is 9.49. The molecule has 0 bridgehead atoms. The van der Waals surface area contributed by atoms with Crippen LogP contribution in [-0.2, 0) is 18.4 Å². The molecule has 0 aromatic rings. The van der Waals surface area contributed by atoms with Crippen LogP contribution in [0.4, 0.5) is 0 Å². The summed E-state index contributed by atoms with van der Waals surface area (Å²) in [7, 11) is 1.58. The average molecular weight is 676 g/mol. The second kappa shape index (κ2) is 30.3. The summed E-state index contributed by atoms with van der Waals surface area (Å²) in [6.07, 6.45) is 31.2. The third-order valence-electron chi connectivity index (χ3n) is 8.51. The van der Waals surface area contributed by atoms with Crippen molar-refractivity contribution in [3.05, 3.63) is 12.2 Å². The predicted octanol–water partition coefficient (Wildman–Crippen LogP) is 9.63. The van der Waals surface area contributed by atoms with Crippen LogP contribution in [0.2, 0.25) is 0 Å². The molecular weight excluding hydrogens is 599 g/mol. The maximum atomic E-state index is 12.7. The molecule has 0 aromatic carbocycles. The molecule has 46 heavy (non-hydrogen) atoms. The zero-order valence-corrected chi connectivity index (χ0v) is 31.7. The van der Waals surface area contributed by atoms with Crippen LogP contribution in [0.1, 0.15) is 168 Å². The van der Waals surface area contributed by atoms with Crippen molar-refractivity contribution >= 4 is 13.7 Å². The minimum Gasteiger partial charge on any atom is -0.387 e. The molecule has 274 valence electrons. The second-order valence-corrected chi connectivity index (χ2v) is 15.8. The number of carbonyl (C=O) groups excluding carboxylic acids is 1. The molecule has 0 saturated carbocycles. The Morgan fingerprint density at radius 2 is 1.15 bits per heavy atom. The van der Waals surface area contributed by atoms with Crippen LogP contribution in [-0.4, -0.2) is 73.4 Å². The Morgan fingerprint density at radius 3 is 1.61 bits per heavy atom. The van der Waals surface area contributed by atoms with Crippen molar-refractivity contribution < 1.29 is 32.9 Å². The van der Waals surface area contributed by atoms with Crippen molar-refractivity contribution in [1.29, 1.82) is 0 Å². The first-order chi connectivity index (χ1) is 22.0. The molecule has 1 unspecified atom stereocenters. The highest BCUT2D eigenvalue weighted by Gasteiger charge is 2.27. The van der Waals surface area contributed by atoms with Crippen molar-refractivity contribution in [2.75, 3.05) is 40.9 Å². The summed E-state index contributed by atoms with van der Waals surface area (Å²) >= 11 is 0. The van der Waals surface area contributed by atoms with Gasteiger partial charge >= 0.3 is 7.82 Å². The van der Waals surface area contributed by atoms with E-state index in [1.807, 2.05) is 27.2 Å². The fourth-order valence-electron chi connectivity index (χ4n) is 5.39. The van der Waals surface area contributed by atoms with Gasteiger partial charge in [-0.1, -0.05) is 154 Å². The summed E-state index contributed by atoms with van der Waals surface area (Å²) in [5.41, 5.74) is 0. The molecule has 1 amide bonds. The number of carbonyl (C=O) groups is 1. The van der Waals surface area contributed by atoms with Crippen molar-refractivity contribution in [2.45, 2.75) is 180 Å². The standard InChI is InChI=1S/C37H75N2O6P/c1-6-8-10-12-14-16-18-19-21-22-24-26-28-30-36(40)35(34-45-46(42,43)44-33-32-39(3,4)5)38-37(41)31-29-27-25-23-20-17-15-13-11-9-7-2/h28,30,35-36,40H,6-27,29,31-34H2,1-5H3,(H-,38,41,42,43)/p+1/b30-28+/t35-,36+/m0/s1. The minimum absolute atomic E-state index is 0.0641. The van der Waals surface area contributed by atoms with Gasteiger partial charge in [0.05, 0.1) is 39.9 Å². The summed E-state index contributed by atoms with van der Waals surface area (Å²) in [4.78, 5) is 22.9. The molecule has 0 fully saturated rings. The Labute approximate surface area is 284 Å². The van der Waals surface area contributed by atoms with E-state index in [4.69, 9.17) is 9.05 Å². The van der Waals surface area contributed by atoms with E-state index in [1.54, 1.807) is 6.08 Å². The molecule has 0 aliphatic rings. The highest BCUT2D eigenvalue weighted by molar-refractivity contribution is 7.47. The quantitative estimate of drug-likeness (QED) is 0.0272. The van der Waals surface area contributed by atoms with Crippen LogP contribution in [0, 0.1) is 0 Å². The van der Waals surface area contributed by atoms with E-state index in [2.05, 4.69) is 19.2 Å². The normalized spacial score (nSPS) is 14.8. The van der Waals surface area contributed by atoms with E-state index < -0.39 is 20.0 Å². The smallest absolute Gasteiger partial charge is 0.387 e. The highest BCUT2D eigenvalue weighted by Crippen LogP contribution is 2.43.